The van der Waals surface area contributed by atoms with E-state index in [1.165, 1.54) is 23.6 Å². The van der Waals surface area contributed by atoms with E-state index in [2.05, 4.69) is 40.8 Å². The molecule has 1 fully saturated rings. The van der Waals surface area contributed by atoms with E-state index in [-0.39, 0.29) is 4.21 Å². The van der Waals surface area contributed by atoms with Crippen molar-refractivity contribution in [1.82, 2.24) is 23.8 Å². The molecule has 0 spiro atoms. The Balaban J connectivity index is 1.40. The Morgan fingerprint density at radius 1 is 1.05 bits per heavy atom. The van der Waals surface area contributed by atoms with Crippen LogP contribution in [0.3, 0.4) is 0 Å². The van der Waals surface area contributed by atoms with E-state index in [0.717, 1.165) is 46.8 Å². The number of benzene rings is 1. The summed E-state index contributed by atoms with van der Waals surface area (Å²) in [6, 6.07) is 13.4. The van der Waals surface area contributed by atoms with Gasteiger partial charge in [-0.1, -0.05) is 75.0 Å². The number of aromatic nitrogens is 4. The molecule has 1 N–H and O–H groups in total. The number of hydrogen-bond acceptors (Lipinski definition) is 8. The molecule has 1 aliphatic heterocycles. The Bertz CT molecular complexity index is 1520. The SMILES string of the molecule is CCCCC(CC)CNc1nc(N2CCN(S(=O)(=O)c3ccc(Cl)s3)CC2)nc2c1ncn2Cc1ccccc1. The second kappa shape index (κ2) is 12.8. The fraction of sp³-hybridized carbons (Fsp3) is 0.464. The van der Waals surface area contributed by atoms with Crippen molar-refractivity contribution in [1.29, 1.82) is 0 Å². The Kier molecular flexibility index (Phi) is 9.24. The minimum Gasteiger partial charge on any atom is -0.368 e. The van der Waals surface area contributed by atoms with Crippen molar-refractivity contribution in [2.75, 3.05) is 42.9 Å². The van der Waals surface area contributed by atoms with Crippen molar-refractivity contribution in [2.45, 2.75) is 50.3 Å². The second-order valence-corrected chi connectivity index (χ2v) is 14.0. The Labute approximate surface area is 245 Å². The summed E-state index contributed by atoms with van der Waals surface area (Å²) in [6.07, 6.45) is 6.49. The molecule has 0 aliphatic carbocycles. The highest BCUT2D eigenvalue weighted by molar-refractivity contribution is 7.91. The molecule has 0 radical (unpaired) electrons. The third kappa shape index (κ3) is 6.43. The Morgan fingerprint density at radius 3 is 2.50 bits per heavy atom. The maximum atomic E-state index is 13.1. The molecular formula is C28H36ClN7O2S2. The van der Waals surface area contributed by atoms with Crippen LogP contribution in [0.2, 0.25) is 4.34 Å². The number of nitrogens with zero attached hydrogens (tertiary/aromatic N) is 6. The molecular weight excluding hydrogens is 566 g/mol. The fourth-order valence-electron chi connectivity index (χ4n) is 4.97. The summed E-state index contributed by atoms with van der Waals surface area (Å²) in [6.45, 7) is 7.60. The van der Waals surface area contributed by atoms with Crippen LogP contribution in [-0.4, -0.2) is 65.0 Å². The first kappa shape index (κ1) is 28.8. The highest BCUT2D eigenvalue weighted by atomic mass is 35.5. The number of hydrogen-bond donors (Lipinski definition) is 1. The highest BCUT2D eigenvalue weighted by Gasteiger charge is 2.31. The zero-order chi connectivity index (χ0) is 28.1. The summed E-state index contributed by atoms with van der Waals surface area (Å²) < 4.78 is 30.5. The van der Waals surface area contributed by atoms with E-state index in [4.69, 9.17) is 26.6 Å². The van der Waals surface area contributed by atoms with Gasteiger partial charge >= 0.3 is 0 Å². The van der Waals surface area contributed by atoms with E-state index in [1.54, 1.807) is 12.1 Å². The highest BCUT2D eigenvalue weighted by Crippen LogP contribution is 2.30. The number of anilines is 2. The molecule has 40 heavy (non-hydrogen) atoms. The van der Waals surface area contributed by atoms with Crippen molar-refractivity contribution in [3.63, 3.8) is 0 Å². The molecule has 12 heteroatoms. The fourth-order valence-corrected chi connectivity index (χ4v) is 8.03. The van der Waals surface area contributed by atoms with Gasteiger partial charge in [0.15, 0.2) is 17.0 Å². The molecule has 1 aromatic carbocycles. The predicted octanol–water partition coefficient (Wildman–Crippen LogP) is 5.73. The normalized spacial score (nSPS) is 15.5. The van der Waals surface area contributed by atoms with Gasteiger partial charge < -0.3 is 14.8 Å². The monoisotopic (exact) mass is 601 g/mol. The first-order chi connectivity index (χ1) is 19.4. The molecule has 4 aromatic rings. The van der Waals surface area contributed by atoms with Crippen LogP contribution >= 0.6 is 22.9 Å². The first-order valence-corrected chi connectivity index (χ1v) is 16.5. The number of fused-ring (bicyclic) bond motifs is 1. The molecule has 1 saturated heterocycles. The largest absolute Gasteiger partial charge is 0.368 e. The molecule has 3 aromatic heterocycles. The van der Waals surface area contributed by atoms with Crippen LogP contribution < -0.4 is 10.2 Å². The topological polar surface area (TPSA) is 96.2 Å². The third-order valence-electron chi connectivity index (χ3n) is 7.41. The molecule has 214 valence electrons. The van der Waals surface area contributed by atoms with Crippen LogP contribution in [0.25, 0.3) is 11.2 Å². The molecule has 0 amide bonds. The van der Waals surface area contributed by atoms with Crippen molar-refractivity contribution >= 4 is 55.9 Å². The first-order valence-electron chi connectivity index (χ1n) is 13.9. The van der Waals surface area contributed by atoms with Crippen LogP contribution in [-0.2, 0) is 16.6 Å². The molecule has 0 saturated carbocycles. The van der Waals surface area contributed by atoms with Crippen LogP contribution in [0.4, 0.5) is 11.8 Å². The van der Waals surface area contributed by atoms with Gasteiger partial charge in [0.2, 0.25) is 5.95 Å². The molecule has 1 atom stereocenters. The third-order valence-corrected chi connectivity index (χ3v) is 11.0. The van der Waals surface area contributed by atoms with E-state index in [0.29, 0.717) is 48.9 Å². The van der Waals surface area contributed by atoms with E-state index in [9.17, 15) is 8.42 Å². The average molecular weight is 602 g/mol. The summed E-state index contributed by atoms with van der Waals surface area (Å²) >= 11 is 7.09. The lowest BCUT2D eigenvalue weighted by molar-refractivity contribution is 0.383. The molecule has 1 aliphatic rings. The number of halogens is 1. The number of imidazole rings is 1. The van der Waals surface area contributed by atoms with Gasteiger partial charge in [0.05, 0.1) is 17.2 Å². The van der Waals surface area contributed by atoms with Crippen molar-refractivity contribution in [3.05, 3.63) is 58.7 Å². The molecule has 4 heterocycles. The lowest BCUT2D eigenvalue weighted by atomic mass is 9.99. The van der Waals surface area contributed by atoms with Crippen LogP contribution in [0.15, 0.2) is 53.0 Å². The van der Waals surface area contributed by atoms with Gasteiger partial charge in [0, 0.05) is 32.7 Å². The number of piperazine rings is 1. The summed E-state index contributed by atoms with van der Waals surface area (Å²) in [7, 11) is -3.58. The Hall–Kier alpha value is -2.73. The predicted molar refractivity (Wildman–Crippen MR) is 163 cm³/mol. The van der Waals surface area contributed by atoms with Gasteiger partial charge in [0.1, 0.15) is 4.21 Å². The zero-order valence-electron chi connectivity index (χ0n) is 23.0. The zero-order valence-corrected chi connectivity index (χ0v) is 25.4. The van der Waals surface area contributed by atoms with Crippen molar-refractivity contribution in [2.24, 2.45) is 5.92 Å². The van der Waals surface area contributed by atoms with Gasteiger partial charge in [0.25, 0.3) is 10.0 Å². The van der Waals surface area contributed by atoms with E-state index >= 15 is 0 Å². The van der Waals surface area contributed by atoms with Crippen LogP contribution in [0, 0.1) is 5.92 Å². The maximum Gasteiger partial charge on any atom is 0.252 e. The van der Waals surface area contributed by atoms with Crippen molar-refractivity contribution < 1.29 is 8.42 Å². The Morgan fingerprint density at radius 2 is 1.82 bits per heavy atom. The number of nitrogens with one attached hydrogen (secondary N) is 1. The molecule has 1 unspecified atom stereocenters. The smallest absolute Gasteiger partial charge is 0.252 e. The lowest BCUT2D eigenvalue weighted by Crippen LogP contribution is -2.49. The van der Waals surface area contributed by atoms with Gasteiger partial charge in [-0.25, -0.2) is 13.4 Å². The van der Waals surface area contributed by atoms with Gasteiger partial charge in [-0.3, -0.25) is 0 Å². The number of rotatable bonds is 12. The maximum absolute atomic E-state index is 13.1. The number of thiophene rings is 1. The number of sulfonamides is 1. The summed E-state index contributed by atoms with van der Waals surface area (Å²) in [5, 5.41) is 3.59. The molecule has 5 rings (SSSR count). The van der Waals surface area contributed by atoms with Crippen molar-refractivity contribution in [3.8, 4) is 0 Å². The van der Waals surface area contributed by atoms with E-state index < -0.39 is 10.0 Å². The van der Waals surface area contributed by atoms with E-state index in [1.807, 2.05) is 24.5 Å². The lowest BCUT2D eigenvalue weighted by Gasteiger charge is -2.33. The average Bonchev–Trinajstić information content (AvgIpc) is 3.60. The minimum atomic E-state index is -3.58. The summed E-state index contributed by atoms with van der Waals surface area (Å²) in [5.74, 6) is 1.87. The van der Waals surface area contributed by atoms with Crippen LogP contribution in [0.5, 0.6) is 0 Å². The summed E-state index contributed by atoms with van der Waals surface area (Å²) in [4.78, 5) is 16.6. The van der Waals surface area contributed by atoms with Crippen LogP contribution in [0.1, 0.15) is 45.1 Å². The number of unbranched alkanes of at least 4 members (excludes halogenated alkanes) is 1. The molecule has 9 nitrogen and oxygen atoms in total. The standard InChI is InChI=1S/C28H36ClN7O2S2/c1-3-5-9-21(4-2)18-30-26-25-27(35(20-31-25)19-22-10-7-6-8-11-22)33-28(32-26)34-14-16-36(17-15-34)40(37,38)24-13-12-23(29)39-24/h6-8,10-13,20-21H,3-5,9,14-19H2,1-2H3,(H,30,32,33). The quantitative estimate of drug-likeness (QED) is 0.221. The summed E-state index contributed by atoms with van der Waals surface area (Å²) in [5.41, 5.74) is 2.68. The minimum absolute atomic E-state index is 0.272. The van der Waals surface area contributed by atoms with Gasteiger partial charge in [-0.05, 0) is 30.0 Å². The van der Waals surface area contributed by atoms with Gasteiger partial charge in [-0.15, -0.1) is 11.3 Å². The molecule has 0 bridgehead atoms. The van der Waals surface area contributed by atoms with Gasteiger partial charge in [-0.2, -0.15) is 14.3 Å². The second-order valence-electron chi connectivity index (χ2n) is 10.1.